The third-order valence-corrected chi connectivity index (χ3v) is 6.95. The Labute approximate surface area is 237 Å². The van der Waals surface area contributed by atoms with Crippen molar-refractivity contribution >= 4 is 23.7 Å². The Morgan fingerprint density at radius 3 is 2.08 bits per heavy atom. The summed E-state index contributed by atoms with van der Waals surface area (Å²) < 4.78 is 11.9. The number of unbranched alkanes of at least 4 members (excludes halogenated alkanes) is 1. The summed E-state index contributed by atoms with van der Waals surface area (Å²) in [5.41, 5.74) is 1.73. The average molecular weight is 550 g/mol. The van der Waals surface area contributed by atoms with Crippen LogP contribution in [0.2, 0.25) is 5.02 Å². The zero-order chi connectivity index (χ0) is 28.5. The number of halogens is 1. The van der Waals surface area contributed by atoms with Crippen molar-refractivity contribution in [3.8, 4) is 0 Å². The second kappa shape index (κ2) is 13.7. The Hall–Kier alpha value is -3.31. The van der Waals surface area contributed by atoms with Gasteiger partial charge in [-0.15, -0.1) is 0 Å². The molecule has 0 aliphatic carbocycles. The molecule has 0 saturated carbocycles. The molecule has 0 aliphatic heterocycles. The predicted molar refractivity (Wildman–Crippen MR) is 157 cm³/mol. The fourth-order valence-electron chi connectivity index (χ4n) is 4.60. The van der Waals surface area contributed by atoms with Crippen LogP contribution in [0.3, 0.4) is 0 Å². The lowest BCUT2D eigenvalue weighted by Crippen LogP contribution is -2.37. The molecule has 1 N–H and O–H groups in total. The number of nitrogens with one attached hydrogen (secondary N) is 1. The number of ether oxygens (including phenoxy) is 2. The number of benzene rings is 3. The van der Waals surface area contributed by atoms with E-state index in [0.29, 0.717) is 30.0 Å². The van der Waals surface area contributed by atoms with E-state index in [1.807, 2.05) is 113 Å². The first kappa shape index (κ1) is 30.2. The van der Waals surface area contributed by atoms with E-state index >= 15 is 0 Å². The maximum absolute atomic E-state index is 13.9. The van der Waals surface area contributed by atoms with Crippen LogP contribution in [0, 0.1) is 12.8 Å². The Morgan fingerprint density at radius 1 is 0.846 bits per heavy atom. The summed E-state index contributed by atoms with van der Waals surface area (Å²) in [6, 6.07) is 25.4. The third-order valence-electron chi connectivity index (χ3n) is 6.62. The van der Waals surface area contributed by atoms with Crippen LogP contribution in [0.25, 0.3) is 0 Å². The second-order valence-corrected chi connectivity index (χ2v) is 11.3. The fraction of sp³-hybridized carbons (Fsp3) is 0.394. The summed E-state index contributed by atoms with van der Waals surface area (Å²) in [4.78, 5) is 25.8. The van der Waals surface area contributed by atoms with Crippen molar-refractivity contribution in [2.75, 3.05) is 6.54 Å². The highest BCUT2D eigenvalue weighted by molar-refractivity contribution is 6.31. The lowest BCUT2D eigenvalue weighted by Gasteiger charge is -2.37. The monoisotopic (exact) mass is 549 g/mol. The Balaban J connectivity index is 1.86. The molecule has 0 saturated heterocycles. The van der Waals surface area contributed by atoms with Gasteiger partial charge in [0.2, 0.25) is 0 Å². The van der Waals surface area contributed by atoms with Gasteiger partial charge in [-0.2, -0.15) is 0 Å². The van der Waals surface area contributed by atoms with E-state index in [4.69, 9.17) is 21.1 Å². The molecular weight excluding hydrogens is 510 g/mol. The quantitative estimate of drug-likeness (QED) is 0.149. The highest BCUT2D eigenvalue weighted by Crippen LogP contribution is 2.44. The van der Waals surface area contributed by atoms with Crippen LogP contribution in [-0.4, -0.2) is 24.2 Å². The first-order chi connectivity index (χ1) is 18.6. The molecule has 2 atom stereocenters. The molecule has 0 heterocycles. The van der Waals surface area contributed by atoms with Crippen LogP contribution in [0.5, 0.6) is 0 Å². The molecule has 5 nitrogen and oxygen atoms in total. The number of alkyl carbamates (subject to hydrolysis) is 1. The third kappa shape index (κ3) is 8.09. The van der Waals surface area contributed by atoms with E-state index in [2.05, 4.69) is 5.32 Å². The molecule has 39 heavy (non-hydrogen) atoms. The maximum Gasteiger partial charge on any atom is 0.407 e. The summed E-state index contributed by atoms with van der Waals surface area (Å²) >= 11 is 6.78. The van der Waals surface area contributed by atoms with Crippen molar-refractivity contribution in [1.29, 1.82) is 0 Å². The molecular formula is C33H40ClNO4. The van der Waals surface area contributed by atoms with Crippen molar-refractivity contribution < 1.29 is 19.1 Å². The number of amides is 1. The van der Waals surface area contributed by atoms with Crippen LogP contribution in [0.4, 0.5) is 4.79 Å². The summed E-state index contributed by atoms with van der Waals surface area (Å²) in [6.07, 6.45) is 2.35. The predicted octanol–water partition coefficient (Wildman–Crippen LogP) is 8.20. The van der Waals surface area contributed by atoms with Crippen molar-refractivity contribution in [2.24, 2.45) is 5.92 Å². The topological polar surface area (TPSA) is 64.6 Å². The van der Waals surface area contributed by atoms with Crippen molar-refractivity contribution in [3.05, 3.63) is 106 Å². The Morgan fingerprint density at radius 2 is 1.46 bits per heavy atom. The summed E-state index contributed by atoms with van der Waals surface area (Å²) in [6.45, 7) is 10.0. The van der Waals surface area contributed by atoms with E-state index in [1.165, 1.54) is 0 Å². The van der Waals surface area contributed by atoms with Crippen LogP contribution in [0.1, 0.15) is 75.6 Å². The van der Waals surface area contributed by atoms with Crippen LogP contribution in [0.15, 0.2) is 78.9 Å². The highest BCUT2D eigenvalue weighted by Gasteiger charge is 2.43. The van der Waals surface area contributed by atoms with Crippen molar-refractivity contribution in [2.45, 2.75) is 71.5 Å². The molecule has 3 aromatic carbocycles. The molecule has 0 aliphatic rings. The molecule has 6 heteroatoms. The lowest BCUT2D eigenvalue weighted by molar-refractivity contribution is -0.159. The molecule has 3 aromatic rings. The Bertz CT molecular complexity index is 1220. The van der Waals surface area contributed by atoms with E-state index in [9.17, 15) is 9.59 Å². The molecule has 1 amide bonds. The van der Waals surface area contributed by atoms with E-state index in [1.54, 1.807) is 0 Å². The van der Waals surface area contributed by atoms with Gasteiger partial charge >= 0.3 is 12.1 Å². The number of rotatable bonds is 11. The number of esters is 1. The van der Waals surface area contributed by atoms with Gasteiger partial charge in [-0.3, -0.25) is 4.79 Å². The second-order valence-electron chi connectivity index (χ2n) is 10.8. The maximum atomic E-state index is 13.9. The standard InChI is InChI=1S/C33H40ClNO4/c1-6-25(14-12-13-23-35-31(37)39-32(3,4)5)30(36)38-33(26-15-8-7-9-16-26,27-21-19-24(2)20-22-27)28-17-10-11-18-29(28)34/h7-11,15-22,25H,6,12-14,23H2,1-5H3,(H,35,37). The number of carbonyl (C=O) groups is 2. The summed E-state index contributed by atoms with van der Waals surface area (Å²) in [5, 5.41) is 3.31. The van der Waals surface area contributed by atoms with E-state index < -0.39 is 17.3 Å². The molecule has 208 valence electrons. The first-order valence-electron chi connectivity index (χ1n) is 13.6. The first-order valence-corrected chi connectivity index (χ1v) is 14.0. The molecule has 0 radical (unpaired) electrons. The molecule has 3 rings (SSSR count). The van der Waals surface area contributed by atoms with Crippen LogP contribution in [-0.2, 0) is 19.9 Å². The van der Waals surface area contributed by atoms with E-state index in [0.717, 1.165) is 29.5 Å². The van der Waals surface area contributed by atoms with Crippen LogP contribution >= 0.6 is 11.6 Å². The number of carbonyl (C=O) groups excluding carboxylic acids is 2. The van der Waals surface area contributed by atoms with Gasteiger partial charge in [0.05, 0.1) is 5.92 Å². The molecule has 0 spiro atoms. The molecule has 0 bridgehead atoms. The van der Waals surface area contributed by atoms with Gasteiger partial charge in [0, 0.05) is 28.3 Å². The zero-order valence-electron chi connectivity index (χ0n) is 23.6. The molecule has 0 aromatic heterocycles. The lowest BCUT2D eigenvalue weighted by atomic mass is 9.79. The molecule has 0 fully saturated rings. The fourth-order valence-corrected chi connectivity index (χ4v) is 4.87. The normalized spacial score (nSPS) is 13.7. The van der Waals surface area contributed by atoms with Gasteiger partial charge in [0.1, 0.15) is 5.60 Å². The van der Waals surface area contributed by atoms with E-state index in [-0.39, 0.29) is 11.9 Å². The minimum absolute atomic E-state index is 0.276. The van der Waals surface area contributed by atoms with Gasteiger partial charge in [0.25, 0.3) is 0 Å². The average Bonchev–Trinajstić information content (AvgIpc) is 2.89. The van der Waals surface area contributed by atoms with Gasteiger partial charge in [-0.25, -0.2) is 4.79 Å². The van der Waals surface area contributed by atoms with Crippen LogP contribution < -0.4 is 5.32 Å². The SMILES string of the molecule is CCC(CCCCNC(=O)OC(C)(C)C)C(=O)OC(c1ccccc1)(c1ccc(C)cc1)c1ccccc1Cl. The van der Waals surface area contributed by atoms with Gasteiger partial charge in [0.15, 0.2) is 5.60 Å². The van der Waals surface area contributed by atoms with Gasteiger partial charge < -0.3 is 14.8 Å². The molecule has 2 unspecified atom stereocenters. The minimum atomic E-state index is -1.21. The highest BCUT2D eigenvalue weighted by atomic mass is 35.5. The Kier molecular flexibility index (Phi) is 10.6. The number of hydrogen-bond acceptors (Lipinski definition) is 4. The van der Waals surface area contributed by atoms with Crippen molar-refractivity contribution in [3.63, 3.8) is 0 Å². The number of hydrogen-bond donors (Lipinski definition) is 1. The number of aryl methyl sites for hydroxylation is 1. The minimum Gasteiger partial charge on any atom is -0.444 e. The van der Waals surface area contributed by atoms with Gasteiger partial charge in [-0.05, 0) is 53.0 Å². The largest absolute Gasteiger partial charge is 0.444 e. The summed E-state index contributed by atoms with van der Waals surface area (Å²) in [7, 11) is 0. The van der Waals surface area contributed by atoms with Gasteiger partial charge in [-0.1, -0.05) is 103 Å². The summed E-state index contributed by atoms with van der Waals surface area (Å²) in [5.74, 6) is -0.579. The van der Waals surface area contributed by atoms with Crippen molar-refractivity contribution in [1.82, 2.24) is 5.32 Å². The smallest absolute Gasteiger partial charge is 0.407 e. The zero-order valence-corrected chi connectivity index (χ0v) is 24.4.